The molecule has 2 aromatic heterocycles. The molecule has 0 saturated heterocycles. The van der Waals surface area contributed by atoms with Gasteiger partial charge in [0.2, 0.25) is 5.91 Å². The van der Waals surface area contributed by atoms with Crippen molar-refractivity contribution in [1.29, 1.82) is 0 Å². The Hall–Kier alpha value is -3.87. The molecule has 3 fully saturated rings. The normalized spacial score (nSPS) is 17.4. The number of benzene rings is 2. The predicted octanol–water partition coefficient (Wildman–Crippen LogP) is 6.16. The fraction of sp³-hybridized carbons (Fsp3) is 0.412. The first-order chi connectivity index (χ1) is 22.5. The monoisotopic (exact) mass is 682 g/mol. The van der Waals surface area contributed by atoms with E-state index in [-0.39, 0.29) is 59.9 Å². The topological polar surface area (TPSA) is 137 Å². The molecule has 3 aliphatic rings. The zero-order valence-electron chi connectivity index (χ0n) is 25.6. The maximum absolute atomic E-state index is 14.6. The van der Waals surface area contributed by atoms with Crippen LogP contribution in [0, 0.1) is 17.6 Å². The average molecular weight is 683 g/mol. The number of hydrogen-bond acceptors (Lipinski definition) is 8. The number of fused-ring (bicyclic) bond motifs is 1. The third-order valence-electron chi connectivity index (χ3n) is 8.69. The van der Waals surface area contributed by atoms with Crippen LogP contribution in [0.4, 0.5) is 8.78 Å². The van der Waals surface area contributed by atoms with Crippen molar-refractivity contribution in [2.45, 2.75) is 69.5 Å². The van der Waals surface area contributed by atoms with Gasteiger partial charge in [-0.05, 0) is 81.7 Å². The molecule has 0 aliphatic heterocycles. The van der Waals surface area contributed by atoms with E-state index in [4.69, 9.17) is 31.8 Å². The number of rotatable bonds is 13. The SMILES string of the molecule is CCOc1c(CC(N)=O)cc([C@@](O)(CNC(=O)c2cc(OC3CC3)c3nc(C4CC4)sc3c2)C2CC2)nc1-c1ccc(F)c(F)c1Cl. The Balaban J connectivity index is 1.25. The lowest BCUT2D eigenvalue weighted by Gasteiger charge is -2.30. The minimum absolute atomic E-state index is 0.00962. The second kappa shape index (κ2) is 12.3. The molecule has 7 rings (SSSR count). The molecule has 4 aromatic rings. The molecule has 2 aromatic carbocycles. The number of nitrogens with two attached hydrogens (primary N) is 1. The third-order valence-corrected chi connectivity index (χ3v) is 10.2. The van der Waals surface area contributed by atoms with Gasteiger partial charge in [0.15, 0.2) is 11.6 Å². The molecule has 13 heteroatoms. The van der Waals surface area contributed by atoms with Crippen molar-refractivity contribution in [3.8, 4) is 22.8 Å². The molecule has 0 radical (unpaired) electrons. The lowest BCUT2D eigenvalue weighted by molar-refractivity contribution is -0.117. The Bertz CT molecular complexity index is 1910. The standard InChI is InChI=1S/C34H33ClF2N4O5S/c1-2-45-31-17(14-26(38)42)13-25(40-29(31)21-9-10-22(36)28(37)27(21)35)34(44,19-5-6-19)15-39-32(43)18-11-23(46-20-7-8-20)30-24(12-18)47-33(41-30)16-3-4-16/h9-13,16,19-20,44H,2-8,14-15H2,1H3,(H2,38,42)(H,39,43)/t34-/m1/s1. The number of nitrogens with one attached hydrogen (secondary N) is 1. The summed E-state index contributed by atoms with van der Waals surface area (Å²) in [5, 5.41) is 15.6. The highest BCUT2D eigenvalue weighted by molar-refractivity contribution is 7.18. The van der Waals surface area contributed by atoms with Gasteiger partial charge in [-0.2, -0.15) is 0 Å². The van der Waals surface area contributed by atoms with Crippen LogP contribution in [0.3, 0.4) is 0 Å². The van der Waals surface area contributed by atoms with Crippen molar-refractivity contribution in [1.82, 2.24) is 15.3 Å². The van der Waals surface area contributed by atoms with Crippen LogP contribution in [0.15, 0.2) is 30.3 Å². The quantitative estimate of drug-likeness (QED) is 0.144. The van der Waals surface area contributed by atoms with Crippen molar-refractivity contribution < 1.29 is 33.0 Å². The van der Waals surface area contributed by atoms with Gasteiger partial charge in [0, 0.05) is 22.6 Å². The highest BCUT2D eigenvalue weighted by Crippen LogP contribution is 2.48. The van der Waals surface area contributed by atoms with Gasteiger partial charge in [-0.1, -0.05) is 11.6 Å². The molecule has 1 atom stereocenters. The number of aromatic nitrogens is 2. The minimum Gasteiger partial charge on any atom is -0.491 e. The van der Waals surface area contributed by atoms with Crippen LogP contribution in [0.5, 0.6) is 11.5 Å². The van der Waals surface area contributed by atoms with Crippen LogP contribution in [0.1, 0.15) is 78.0 Å². The number of pyridine rings is 1. The highest BCUT2D eigenvalue weighted by atomic mass is 35.5. The third kappa shape index (κ3) is 6.38. The van der Waals surface area contributed by atoms with E-state index in [1.807, 2.05) is 0 Å². The highest BCUT2D eigenvalue weighted by Gasteiger charge is 2.47. The van der Waals surface area contributed by atoms with E-state index in [0.717, 1.165) is 47.0 Å². The predicted molar refractivity (Wildman–Crippen MR) is 173 cm³/mol. The Labute approximate surface area is 278 Å². The number of amides is 2. The van der Waals surface area contributed by atoms with E-state index in [0.29, 0.717) is 30.1 Å². The zero-order chi connectivity index (χ0) is 33.0. The summed E-state index contributed by atoms with van der Waals surface area (Å²) in [6, 6.07) is 7.19. The maximum atomic E-state index is 14.6. The fourth-order valence-corrected chi connectivity index (χ4v) is 7.19. The number of nitrogens with zero attached hydrogens (tertiary/aromatic N) is 2. The molecule has 47 heavy (non-hydrogen) atoms. The fourth-order valence-electron chi connectivity index (χ4n) is 5.75. The van der Waals surface area contributed by atoms with Gasteiger partial charge in [0.1, 0.15) is 28.3 Å². The molecule has 3 aliphatic carbocycles. The number of primary amides is 1. The van der Waals surface area contributed by atoms with E-state index >= 15 is 0 Å². The number of thiazole rings is 1. The van der Waals surface area contributed by atoms with Gasteiger partial charge < -0.3 is 25.6 Å². The van der Waals surface area contributed by atoms with Crippen molar-refractivity contribution in [3.63, 3.8) is 0 Å². The summed E-state index contributed by atoms with van der Waals surface area (Å²) in [5.74, 6) is -2.65. The summed E-state index contributed by atoms with van der Waals surface area (Å²) in [7, 11) is 0. The van der Waals surface area contributed by atoms with Gasteiger partial charge in [0.05, 0.1) is 46.1 Å². The van der Waals surface area contributed by atoms with Crippen molar-refractivity contribution in [2.24, 2.45) is 11.7 Å². The maximum Gasteiger partial charge on any atom is 0.251 e. The smallest absolute Gasteiger partial charge is 0.251 e. The van der Waals surface area contributed by atoms with Gasteiger partial charge >= 0.3 is 0 Å². The van der Waals surface area contributed by atoms with Gasteiger partial charge in [-0.3, -0.25) is 9.59 Å². The van der Waals surface area contributed by atoms with Gasteiger partial charge in [-0.25, -0.2) is 18.7 Å². The Kier molecular flexibility index (Phi) is 8.30. The van der Waals surface area contributed by atoms with Crippen LogP contribution in [-0.2, 0) is 16.8 Å². The van der Waals surface area contributed by atoms with Gasteiger partial charge in [-0.15, -0.1) is 11.3 Å². The Morgan fingerprint density at radius 2 is 1.89 bits per heavy atom. The zero-order valence-corrected chi connectivity index (χ0v) is 27.1. The summed E-state index contributed by atoms with van der Waals surface area (Å²) in [5.41, 5.74) is 5.44. The molecule has 0 bridgehead atoms. The number of ether oxygens (including phenoxy) is 2. The first-order valence-corrected chi connectivity index (χ1v) is 17.0. The number of aliphatic hydroxyl groups is 1. The van der Waals surface area contributed by atoms with E-state index in [2.05, 4.69) is 10.3 Å². The molecular weight excluding hydrogens is 650 g/mol. The van der Waals surface area contributed by atoms with Crippen molar-refractivity contribution in [2.75, 3.05) is 13.2 Å². The van der Waals surface area contributed by atoms with Crippen LogP contribution in [0.2, 0.25) is 5.02 Å². The number of halogens is 3. The lowest BCUT2D eigenvalue weighted by atomic mass is 9.90. The first-order valence-electron chi connectivity index (χ1n) is 15.8. The summed E-state index contributed by atoms with van der Waals surface area (Å²) in [4.78, 5) is 35.3. The first kappa shape index (κ1) is 31.7. The Morgan fingerprint density at radius 1 is 1.13 bits per heavy atom. The second-order valence-electron chi connectivity index (χ2n) is 12.5. The summed E-state index contributed by atoms with van der Waals surface area (Å²) >= 11 is 7.82. The van der Waals surface area contributed by atoms with E-state index in [9.17, 15) is 23.5 Å². The molecule has 0 spiro atoms. The summed E-state index contributed by atoms with van der Waals surface area (Å²) in [6.45, 7) is 1.65. The molecule has 2 amide bonds. The summed E-state index contributed by atoms with van der Waals surface area (Å²) < 4.78 is 41.5. The molecule has 2 heterocycles. The van der Waals surface area contributed by atoms with E-state index in [1.165, 1.54) is 12.1 Å². The molecular formula is C34H33ClF2N4O5S. The molecule has 9 nitrogen and oxygen atoms in total. The van der Waals surface area contributed by atoms with Crippen LogP contribution in [-0.4, -0.2) is 46.1 Å². The number of hydrogen-bond donors (Lipinski definition) is 3. The van der Waals surface area contributed by atoms with Crippen molar-refractivity contribution in [3.05, 3.63) is 68.8 Å². The van der Waals surface area contributed by atoms with E-state index < -0.39 is 34.1 Å². The van der Waals surface area contributed by atoms with Crippen LogP contribution >= 0.6 is 22.9 Å². The van der Waals surface area contributed by atoms with Crippen LogP contribution in [0.25, 0.3) is 21.5 Å². The number of carbonyl (C=O) groups is 2. The summed E-state index contributed by atoms with van der Waals surface area (Å²) in [6.07, 6.45) is 5.27. The molecule has 3 saturated carbocycles. The second-order valence-corrected chi connectivity index (χ2v) is 13.9. The minimum atomic E-state index is -1.69. The number of carbonyl (C=O) groups excluding carboxylic acids is 2. The molecule has 0 unspecified atom stereocenters. The average Bonchev–Trinajstić information content (AvgIpc) is 3.89. The van der Waals surface area contributed by atoms with Crippen molar-refractivity contribution >= 4 is 45.0 Å². The molecule has 246 valence electrons. The van der Waals surface area contributed by atoms with E-state index in [1.54, 1.807) is 30.4 Å². The van der Waals surface area contributed by atoms with Gasteiger partial charge in [0.25, 0.3) is 5.91 Å². The van der Waals surface area contributed by atoms with Crippen LogP contribution < -0.4 is 20.5 Å². The lowest BCUT2D eigenvalue weighted by Crippen LogP contribution is -2.43. The largest absolute Gasteiger partial charge is 0.491 e. The Morgan fingerprint density at radius 3 is 2.55 bits per heavy atom. The molecule has 4 N–H and O–H groups in total.